The molecule has 0 atom stereocenters. The molecule has 0 unspecified atom stereocenters. The Morgan fingerprint density at radius 3 is 2.40 bits per heavy atom. The van der Waals surface area contributed by atoms with Crippen molar-refractivity contribution in [2.45, 2.75) is 13.2 Å². The molecule has 8 heteroatoms. The molecule has 4 nitrogen and oxygen atoms in total. The van der Waals surface area contributed by atoms with E-state index in [1.165, 1.54) is 7.11 Å². The van der Waals surface area contributed by atoms with Crippen molar-refractivity contribution in [2.75, 3.05) is 7.11 Å². The highest BCUT2D eigenvalue weighted by molar-refractivity contribution is 6.30. The van der Waals surface area contributed by atoms with Gasteiger partial charge < -0.3 is 9.84 Å². The first kappa shape index (κ1) is 14.8. The Morgan fingerprint density at radius 1 is 1.30 bits per heavy atom. The van der Waals surface area contributed by atoms with Gasteiger partial charge in [-0.2, -0.15) is 5.10 Å². The third-order valence-corrected chi connectivity index (χ3v) is 3.04. The second-order valence-electron chi connectivity index (χ2n) is 3.94. The van der Waals surface area contributed by atoms with Gasteiger partial charge in [0.15, 0.2) is 17.5 Å². The summed E-state index contributed by atoms with van der Waals surface area (Å²) in [7, 11) is 1.42. The van der Waals surface area contributed by atoms with Crippen LogP contribution in [0.5, 0.6) is 0 Å². The number of hydrogen-bond acceptors (Lipinski definition) is 3. The molecule has 0 fully saturated rings. The van der Waals surface area contributed by atoms with Gasteiger partial charge in [0.1, 0.15) is 5.15 Å². The fraction of sp³-hybridized carbons (Fsp3) is 0.250. The van der Waals surface area contributed by atoms with Crippen molar-refractivity contribution < 1.29 is 23.0 Å². The molecule has 1 aromatic heterocycles. The molecule has 2 aromatic rings. The van der Waals surface area contributed by atoms with E-state index in [0.717, 1.165) is 16.8 Å². The summed E-state index contributed by atoms with van der Waals surface area (Å²) < 4.78 is 45.3. The highest BCUT2D eigenvalue weighted by Gasteiger charge is 2.19. The Labute approximate surface area is 117 Å². The first-order valence-corrected chi connectivity index (χ1v) is 5.88. The van der Waals surface area contributed by atoms with Crippen LogP contribution >= 0.6 is 11.6 Å². The van der Waals surface area contributed by atoms with Gasteiger partial charge in [0, 0.05) is 24.8 Å². The molecule has 1 heterocycles. The van der Waals surface area contributed by atoms with E-state index >= 15 is 0 Å². The normalized spacial score (nSPS) is 11.1. The van der Waals surface area contributed by atoms with Gasteiger partial charge in [0.2, 0.25) is 0 Å². The zero-order valence-electron chi connectivity index (χ0n) is 10.3. The largest absolute Gasteiger partial charge is 0.391 e. The van der Waals surface area contributed by atoms with E-state index in [9.17, 15) is 18.3 Å². The molecule has 1 N–H and O–H groups in total. The van der Waals surface area contributed by atoms with E-state index in [-0.39, 0.29) is 23.0 Å². The van der Waals surface area contributed by atoms with Gasteiger partial charge in [-0.1, -0.05) is 11.6 Å². The number of methoxy groups -OCH3 is 1. The molecule has 108 valence electrons. The molecule has 0 aliphatic rings. The standard InChI is InChI=1S/C12H10ClF3N2O2/c1-20-5-10-7(4-19)12(13)18(17-10)6-2-8(14)11(16)9(15)3-6/h2-3,19H,4-5H2,1H3. The van der Waals surface area contributed by atoms with E-state index in [2.05, 4.69) is 5.10 Å². The van der Waals surface area contributed by atoms with E-state index in [1.807, 2.05) is 0 Å². The Morgan fingerprint density at radius 2 is 1.90 bits per heavy atom. The molecule has 0 aliphatic carbocycles. The summed E-state index contributed by atoms with van der Waals surface area (Å²) in [6.07, 6.45) is 0. The number of nitrogens with zero attached hydrogens (tertiary/aromatic N) is 2. The average molecular weight is 307 g/mol. The number of aliphatic hydroxyl groups is 1. The number of aliphatic hydroxyl groups excluding tert-OH is 1. The average Bonchev–Trinajstić information content (AvgIpc) is 2.72. The van der Waals surface area contributed by atoms with Gasteiger partial charge >= 0.3 is 0 Å². The third-order valence-electron chi connectivity index (χ3n) is 2.66. The SMILES string of the molecule is COCc1nn(-c2cc(F)c(F)c(F)c2)c(Cl)c1CO. The lowest BCUT2D eigenvalue weighted by Crippen LogP contribution is -2.02. The van der Waals surface area contributed by atoms with Gasteiger partial charge in [-0.3, -0.25) is 0 Å². The van der Waals surface area contributed by atoms with Gasteiger partial charge in [0.25, 0.3) is 0 Å². The highest BCUT2D eigenvalue weighted by atomic mass is 35.5. The quantitative estimate of drug-likeness (QED) is 0.883. The van der Waals surface area contributed by atoms with Crippen LogP contribution in [0.2, 0.25) is 5.15 Å². The van der Waals surface area contributed by atoms with Crippen LogP contribution in [0.25, 0.3) is 5.69 Å². The van der Waals surface area contributed by atoms with Crippen molar-refractivity contribution in [3.05, 3.63) is 46.0 Å². The highest BCUT2D eigenvalue weighted by Crippen LogP contribution is 2.26. The van der Waals surface area contributed by atoms with Gasteiger partial charge in [0.05, 0.1) is 24.6 Å². The monoisotopic (exact) mass is 306 g/mol. The fourth-order valence-electron chi connectivity index (χ4n) is 1.72. The predicted octanol–water partition coefficient (Wildman–Crippen LogP) is 2.58. The van der Waals surface area contributed by atoms with Crippen LogP contribution in [0.15, 0.2) is 12.1 Å². The lowest BCUT2D eigenvalue weighted by atomic mass is 10.2. The number of aromatic nitrogens is 2. The fourth-order valence-corrected chi connectivity index (χ4v) is 2.02. The Kier molecular flexibility index (Phi) is 4.32. The Balaban J connectivity index is 2.58. The molecule has 0 amide bonds. The maximum atomic E-state index is 13.2. The van der Waals surface area contributed by atoms with E-state index in [4.69, 9.17) is 16.3 Å². The molecule has 0 spiro atoms. The van der Waals surface area contributed by atoms with Crippen LogP contribution < -0.4 is 0 Å². The molecule has 0 aliphatic heterocycles. The maximum absolute atomic E-state index is 13.2. The maximum Gasteiger partial charge on any atom is 0.194 e. The van der Waals surface area contributed by atoms with E-state index < -0.39 is 24.1 Å². The first-order valence-electron chi connectivity index (χ1n) is 5.50. The second-order valence-corrected chi connectivity index (χ2v) is 4.30. The molecule has 2 rings (SSSR count). The van der Waals surface area contributed by atoms with Gasteiger partial charge in [-0.25, -0.2) is 17.9 Å². The van der Waals surface area contributed by atoms with Crippen molar-refractivity contribution in [3.63, 3.8) is 0 Å². The molecule has 0 saturated heterocycles. The number of ether oxygens (including phenoxy) is 1. The molecule has 0 bridgehead atoms. The molecular formula is C12H10ClF3N2O2. The van der Waals surface area contributed by atoms with Crippen LogP contribution in [-0.2, 0) is 18.0 Å². The van der Waals surface area contributed by atoms with Crippen LogP contribution in [0, 0.1) is 17.5 Å². The van der Waals surface area contributed by atoms with E-state index in [0.29, 0.717) is 5.69 Å². The van der Waals surface area contributed by atoms with Crippen molar-refractivity contribution in [1.82, 2.24) is 9.78 Å². The molecular weight excluding hydrogens is 297 g/mol. The van der Waals surface area contributed by atoms with Crippen molar-refractivity contribution in [2.24, 2.45) is 0 Å². The summed E-state index contributed by atoms with van der Waals surface area (Å²) in [5.74, 6) is -4.28. The Bertz CT molecular complexity index is 623. The molecule has 0 radical (unpaired) electrons. The minimum atomic E-state index is -1.57. The zero-order chi connectivity index (χ0) is 14.9. The summed E-state index contributed by atoms with van der Waals surface area (Å²) in [5, 5.41) is 13.2. The summed E-state index contributed by atoms with van der Waals surface area (Å²) in [4.78, 5) is 0. The molecule has 0 saturated carbocycles. The van der Waals surface area contributed by atoms with Crippen molar-refractivity contribution in [1.29, 1.82) is 0 Å². The van der Waals surface area contributed by atoms with Gasteiger partial charge in [-0.15, -0.1) is 0 Å². The van der Waals surface area contributed by atoms with Crippen LogP contribution in [0.1, 0.15) is 11.3 Å². The minimum absolute atomic E-state index is 0.0232. The Hall–Kier alpha value is -1.57. The van der Waals surface area contributed by atoms with Crippen LogP contribution in [0.4, 0.5) is 13.2 Å². The summed E-state index contributed by atoms with van der Waals surface area (Å²) in [5.41, 5.74) is 0.507. The van der Waals surface area contributed by atoms with Crippen molar-refractivity contribution >= 4 is 11.6 Å². The number of rotatable bonds is 4. The smallest absolute Gasteiger partial charge is 0.194 e. The topological polar surface area (TPSA) is 47.3 Å². The summed E-state index contributed by atoms with van der Waals surface area (Å²) in [6.45, 7) is -0.349. The lowest BCUT2D eigenvalue weighted by Gasteiger charge is -2.05. The zero-order valence-corrected chi connectivity index (χ0v) is 11.1. The number of hydrogen-bond donors (Lipinski definition) is 1. The third kappa shape index (κ3) is 2.52. The van der Waals surface area contributed by atoms with Crippen molar-refractivity contribution in [3.8, 4) is 5.69 Å². The lowest BCUT2D eigenvalue weighted by molar-refractivity contribution is 0.178. The van der Waals surface area contributed by atoms with Crippen LogP contribution in [0.3, 0.4) is 0 Å². The summed E-state index contributed by atoms with van der Waals surface area (Å²) >= 11 is 5.99. The second kappa shape index (κ2) is 5.82. The van der Waals surface area contributed by atoms with E-state index in [1.54, 1.807) is 0 Å². The molecule has 1 aromatic carbocycles. The first-order chi connectivity index (χ1) is 9.49. The minimum Gasteiger partial charge on any atom is -0.391 e. The predicted molar refractivity (Wildman–Crippen MR) is 65.1 cm³/mol. The van der Waals surface area contributed by atoms with Crippen LogP contribution in [-0.4, -0.2) is 22.0 Å². The number of halogens is 4. The number of benzene rings is 1. The summed E-state index contributed by atoms with van der Waals surface area (Å²) in [6, 6.07) is 1.52. The molecule has 20 heavy (non-hydrogen) atoms. The van der Waals surface area contributed by atoms with Gasteiger partial charge in [-0.05, 0) is 0 Å².